The average Bonchev–Trinajstić information content (AvgIpc) is 2.88. The molecule has 112 valence electrons. The van der Waals surface area contributed by atoms with Crippen LogP contribution in [0.15, 0.2) is 30.3 Å². The highest BCUT2D eigenvalue weighted by Crippen LogP contribution is 2.44. The predicted molar refractivity (Wildman–Crippen MR) is 78.6 cm³/mol. The summed E-state index contributed by atoms with van der Waals surface area (Å²) < 4.78 is 1.80. The Morgan fingerprint density at radius 1 is 1.29 bits per heavy atom. The van der Waals surface area contributed by atoms with E-state index in [1.807, 2.05) is 51.2 Å². The maximum absolute atomic E-state index is 11.1. The van der Waals surface area contributed by atoms with Gasteiger partial charge < -0.3 is 5.11 Å². The number of likely N-dealkylation sites (N-methyl/N-ethyl adjacent to an activating group) is 1. The van der Waals surface area contributed by atoms with E-state index in [0.29, 0.717) is 6.54 Å². The van der Waals surface area contributed by atoms with Gasteiger partial charge in [-0.2, -0.15) is 0 Å². The summed E-state index contributed by atoms with van der Waals surface area (Å²) in [4.78, 5) is 2.18. The van der Waals surface area contributed by atoms with Gasteiger partial charge in [0.1, 0.15) is 5.54 Å². The fourth-order valence-electron chi connectivity index (χ4n) is 3.61. The van der Waals surface area contributed by atoms with E-state index in [1.54, 1.807) is 4.68 Å². The molecule has 21 heavy (non-hydrogen) atoms. The summed E-state index contributed by atoms with van der Waals surface area (Å²) in [7, 11) is 2.03. The molecule has 0 amide bonds. The first-order valence-electron chi connectivity index (χ1n) is 7.15. The Morgan fingerprint density at radius 3 is 2.57 bits per heavy atom. The summed E-state index contributed by atoms with van der Waals surface area (Å²) in [6.07, 6.45) is 0. The first-order valence-corrected chi connectivity index (χ1v) is 7.15. The zero-order chi connectivity index (χ0) is 15.3. The van der Waals surface area contributed by atoms with Crippen LogP contribution in [0.5, 0.6) is 0 Å². The molecule has 1 N–H and O–H groups in total. The van der Waals surface area contributed by atoms with Crippen LogP contribution in [-0.2, 0) is 12.1 Å². The minimum Gasteiger partial charge on any atom is -0.388 e. The fourth-order valence-corrected chi connectivity index (χ4v) is 3.61. The Labute approximate surface area is 124 Å². The van der Waals surface area contributed by atoms with E-state index in [1.165, 1.54) is 0 Å². The first-order chi connectivity index (χ1) is 9.89. The minimum atomic E-state index is -1.04. The van der Waals surface area contributed by atoms with E-state index in [9.17, 15) is 5.11 Å². The largest absolute Gasteiger partial charge is 0.388 e. The van der Waals surface area contributed by atoms with E-state index in [-0.39, 0.29) is 6.04 Å². The van der Waals surface area contributed by atoms with Crippen LogP contribution in [0.1, 0.15) is 32.2 Å². The van der Waals surface area contributed by atoms with Gasteiger partial charge in [-0.1, -0.05) is 30.3 Å². The molecule has 2 atom stereocenters. The summed E-state index contributed by atoms with van der Waals surface area (Å²) in [5.41, 5.74) is -0.766. The maximum atomic E-state index is 11.1. The molecule has 0 unspecified atom stereocenters. The van der Waals surface area contributed by atoms with E-state index in [0.717, 1.165) is 11.4 Å². The smallest absolute Gasteiger partial charge is 0.166 e. The molecule has 0 spiro atoms. The standard InChI is InChI=1S/C15H21N5O/c1-11-15(14(2,3)21,12-8-6-5-7-9-12)20-13(10-19(11)4)16-17-18-20/h5-9,11,21H,10H2,1-4H3/t11-,15+/m0/s1. The molecule has 3 rings (SSSR count). The molecule has 2 heterocycles. The van der Waals surface area contributed by atoms with Gasteiger partial charge in [-0.05, 0) is 43.8 Å². The van der Waals surface area contributed by atoms with Gasteiger partial charge in [-0.3, -0.25) is 4.90 Å². The van der Waals surface area contributed by atoms with E-state index in [2.05, 4.69) is 27.3 Å². The van der Waals surface area contributed by atoms with Crippen LogP contribution in [0.4, 0.5) is 0 Å². The zero-order valence-corrected chi connectivity index (χ0v) is 12.9. The van der Waals surface area contributed by atoms with Crippen LogP contribution in [0.25, 0.3) is 0 Å². The molecule has 1 aliphatic rings. The second kappa shape index (κ2) is 4.61. The number of nitrogens with zero attached hydrogens (tertiary/aromatic N) is 5. The van der Waals surface area contributed by atoms with Crippen LogP contribution < -0.4 is 0 Å². The molecule has 2 aromatic rings. The number of aliphatic hydroxyl groups is 1. The van der Waals surface area contributed by atoms with Crippen molar-refractivity contribution in [3.8, 4) is 0 Å². The van der Waals surface area contributed by atoms with Gasteiger partial charge in [-0.15, -0.1) is 5.10 Å². The van der Waals surface area contributed by atoms with Gasteiger partial charge in [0, 0.05) is 6.04 Å². The minimum absolute atomic E-state index is 0.0379. The number of tetrazole rings is 1. The lowest BCUT2D eigenvalue weighted by atomic mass is 9.70. The Kier molecular flexibility index (Phi) is 3.11. The van der Waals surface area contributed by atoms with Gasteiger partial charge in [0.05, 0.1) is 12.1 Å². The molecule has 1 aromatic carbocycles. The molecule has 6 nitrogen and oxygen atoms in total. The molecular weight excluding hydrogens is 266 g/mol. The van der Waals surface area contributed by atoms with Crippen molar-refractivity contribution >= 4 is 0 Å². The Hall–Kier alpha value is -1.79. The van der Waals surface area contributed by atoms with Gasteiger partial charge in [0.2, 0.25) is 0 Å². The van der Waals surface area contributed by atoms with Crippen LogP contribution in [0.3, 0.4) is 0 Å². The molecule has 1 aromatic heterocycles. The van der Waals surface area contributed by atoms with Crippen LogP contribution >= 0.6 is 0 Å². The van der Waals surface area contributed by atoms with Crippen LogP contribution in [0, 0.1) is 0 Å². The van der Waals surface area contributed by atoms with Crippen molar-refractivity contribution in [1.82, 2.24) is 25.1 Å². The number of hydrogen-bond donors (Lipinski definition) is 1. The highest BCUT2D eigenvalue weighted by Gasteiger charge is 2.56. The van der Waals surface area contributed by atoms with Gasteiger partial charge in [0.15, 0.2) is 5.82 Å². The SMILES string of the molecule is C[C@@H]1N(C)Cc2nnnn2[C@]1(c1ccccc1)C(C)(C)O. The quantitative estimate of drug-likeness (QED) is 0.893. The summed E-state index contributed by atoms with van der Waals surface area (Å²) in [6.45, 7) is 6.41. The van der Waals surface area contributed by atoms with Crippen molar-refractivity contribution in [3.63, 3.8) is 0 Å². The third-order valence-electron chi connectivity index (χ3n) is 4.67. The second-order valence-corrected chi connectivity index (χ2v) is 6.29. The van der Waals surface area contributed by atoms with Crippen molar-refractivity contribution in [2.24, 2.45) is 0 Å². The summed E-state index contributed by atoms with van der Waals surface area (Å²) in [6, 6.07) is 10.0. The number of fused-ring (bicyclic) bond motifs is 1. The molecular formula is C15H21N5O. The Balaban J connectivity index is 2.35. The Bertz CT molecular complexity index is 633. The molecule has 0 aliphatic carbocycles. The summed E-state index contributed by atoms with van der Waals surface area (Å²) in [5.74, 6) is 0.765. The van der Waals surface area contributed by atoms with Crippen LogP contribution in [-0.4, -0.2) is 48.9 Å². The summed E-state index contributed by atoms with van der Waals surface area (Å²) >= 11 is 0. The van der Waals surface area contributed by atoms with E-state index in [4.69, 9.17) is 0 Å². The highest BCUT2D eigenvalue weighted by molar-refractivity contribution is 5.33. The molecule has 0 saturated heterocycles. The number of benzene rings is 1. The lowest BCUT2D eigenvalue weighted by molar-refractivity contribution is -0.0857. The highest BCUT2D eigenvalue weighted by atomic mass is 16.3. The van der Waals surface area contributed by atoms with Crippen molar-refractivity contribution in [1.29, 1.82) is 0 Å². The third kappa shape index (κ3) is 1.82. The predicted octanol–water partition coefficient (Wildman–Crippen LogP) is 1.02. The number of hydrogen-bond acceptors (Lipinski definition) is 5. The normalized spacial score (nSPS) is 26.6. The molecule has 0 fully saturated rings. The third-order valence-corrected chi connectivity index (χ3v) is 4.67. The number of aromatic nitrogens is 4. The molecule has 0 bridgehead atoms. The van der Waals surface area contributed by atoms with Crippen molar-refractivity contribution in [3.05, 3.63) is 41.7 Å². The fraction of sp³-hybridized carbons (Fsp3) is 0.533. The first kappa shape index (κ1) is 14.2. The molecule has 1 aliphatic heterocycles. The van der Waals surface area contributed by atoms with Crippen molar-refractivity contribution in [2.75, 3.05) is 7.05 Å². The van der Waals surface area contributed by atoms with Gasteiger partial charge in [0.25, 0.3) is 0 Å². The summed E-state index contributed by atoms with van der Waals surface area (Å²) in [5, 5.41) is 23.2. The lowest BCUT2D eigenvalue weighted by Crippen LogP contribution is -2.66. The van der Waals surface area contributed by atoms with Gasteiger partial charge in [-0.25, -0.2) is 4.68 Å². The maximum Gasteiger partial charge on any atom is 0.166 e. The van der Waals surface area contributed by atoms with Gasteiger partial charge >= 0.3 is 0 Å². The molecule has 0 radical (unpaired) electrons. The lowest BCUT2D eigenvalue weighted by Gasteiger charge is -2.52. The van der Waals surface area contributed by atoms with E-state index < -0.39 is 11.1 Å². The van der Waals surface area contributed by atoms with E-state index >= 15 is 0 Å². The number of rotatable bonds is 2. The van der Waals surface area contributed by atoms with Crippen LogP contribution in [0.2, 0.25) is 0 Å². The Morgan fingerprint density at radius 2 is 1.95 bits per heavy atom. The monoisotopic (exact) mass is 287 g/mol. The topological polar surface area (TPSA) is 67.1 Å². The molecule has 6 heteroatoms. The average molecular weight is 287 g/mol. The second-order valence-electron chi connectivity index (χ2n) is 6.29. The van der Waals surface area contributed by atoms with Crippen molar-refractivity contribution in [2.45, 2.75) is 44.5 Å². The van der Waals surface area contributed by atoms with Crippen molar-refractivity contribution < 1.29 is 5.11 Å². The molecule has 0 saturated carbocycles. The zero-order valence-electron chi connectivity index (χ0n) is 12.9.